The highest BCUT2D eigenvalue weighted by atomic mass is 19.1. The van der Waals surface area contributed by atoms with Gasteiger partial charge < -0.3 is 10.2 Å². The molecule has 0 saturated heterocycles. The lowest BCUT2D eigenvalue weighted by atomic mass is 10.0. The van der Waals surface area contributed by atoms with E-state index in [9.17, 15) is 4.39 Å². The maximum atomic E-state index is 13.3. The SMILES string of the molecule is CCC(CC)CN(CC)c1ncc(F)cc1CNC. The molecule has 0 aliphatic rings. The van der Waals surface area contributed by atoms with Gasteiger partial charge >= 0.3 is 0 Å². The van der Waals surface area contributed by atoms with Crippen LogP contribution in [0.15, 0.2) is 12.3 Å². The summed E-state index contributed by atoms with van der Waals surface area (Å²) in [6.45, 7) is 9.07. The summed E-state index contributed by atoms with van der Waals surface area (Å²) in [7, 11) is 1.87. The highest BCUT2D eigenvalue weighted by Crippen LogP contribution is 2.21. The number of halogens is 1. The zero-order chi connectivity index (χ0) is 14.3. The van der Waals surface area contributed by atoms with Crippen LogP contribution in [0.25, 0.3) is 0 Å². The molecule has 0 aliphatic heterocycles. The van der Waals surface area contributed by atoms with Crippen molar-refractivity contribution in [2.45, 2.75) is 40.2 Å². The van der Waals surface area contributed by atoms with E-state index in [2.05, 4.69) is 36.0 Å². The number of nitrogens with one attached hydrogen (secondary N) is 1. The Morgan fingerprint density at radius 2 is 2.00 bits per heavy atom. The van der Waals surface area contributed by atoms with Crippen molar-refractivity contribution >= 4 is 5.82 Å². The maximum Gasteiger partial charge on any atom is 0.141 e. The molecule has 1 rings (SSSR count). The topological polar surface area (TPSA) is 28.2 Å². The van der Waals surface area contributed by atoms with E-state index < -0.39 is 0 Å². The second-order valence-corrected chi connectivity index (χ2v) is 4.89. The molecule has 0 amide bonds. The summed E-state index contributed by atoms with van der Waals surface area (Å²) in [4.78, 5) is 6.55. The van der Waals surface area contributed by atoms with Crippen LogP contribution in [0.5, 0.6) is 0 Å². The Hall–Kier alpha value is -1.16. The predicted molar refractivity (Wildman–Crippen MR) is 78.9 cm³/mol. The summed E-state index contributed by atoms with van der Waals surface area (Å²) in [5, 5.41) is 3.08. The van der Waals surface area contributed by atoms with Gasteiger partial charge in [0.25, 0.3) is 0 Å². The van der Waals surface area contributed by atoms with Crippen molar-refractivity contribution < 1.29 is 4.39 Å². The van der Waals surface area contributed by atoms with Gasteiger partial charge in [-0.15, -0.1) is 0 Å². The summed E-state index contributed by atoms with van der Waals surface area (Å²) in [6.07, 6.45) is 3.63. The maximum absolute atomic E-state index is 13.3. The summed E-state index contributed by atoms with van der Waals surface area (Å²) in [6, 6.07) is 1.58. The van der Waals surface area contributed by atoms with Crippen LogP contribution < -0.4 is 10.2 Å². The van der Waals surface area contributed by atoms with E-state index >= 15 is 0 Å². The Bertz CT molecular complexity index is 378. The first-order valence-electron chi connectivity index (χ1n) is 7.20. The lowest BCUT2D eigenvalue weighted by molar-refractivity contribution is 0.483. The third-order valence-electron chi connectivity index (χ3n) is 3.59. The van der Waals surface area contributed by atoms with E-state index in [0.717, 1.165) is 37.3 Å². The number of pyridine rings is 1. The first-order chi connectivity index (χ1) is 9.15. The van der Waals surface area contributed by atoms with Crippen molar-refractivity contribution in [1.29, 1.82) is 0 Å². The molecule has 0 radical (unpaired) electrons. The van der Waals surface area contributed by atoms with Crippen LogP contribution >= 0.6 is 0 Å². The van der Waals surface area contributed by atoms with Gasteiger partial charge in [0.1, 0.15) is 11.6 Å². The summed E-state index contributed by atoms with van der Waals surface area (Å²) < 4.78 is 13.3. The molecule has 0 atom stereocenters. The molecule has 0 aromatic carbocycles. The summed E-state index contributed by atoms with van der Waals surface area (Å²) in [5.41, 5.74) is 0.926. The first-order valence-corrected chi connectivity index (χ1v) is 7.20. The van der Waals surface area contributed by atoms with Gasteiger partial charge in [0, 0.05) is 25.2 Å². The molecule has 0 aliphatic carbocycles. The molecular formula is C15H26FN3. The normalized spacial score (nSPS) is 11.1. The van der Waals surface area contributed by atoms with E-state index in [1.807, 2.05) is 7.05 Å². The molecule has 19 heavy (non-hydrogen) atoms. The minimum absolute atomic E-state index is 0.271. The minimum Gasteiger partial charge on any atom is -0.356 e. The Kier molecular flexibility index (Phi) is 6.78. The molecule has 1 aromatic heterocycles. The third-order valence-corrected chi connectivity index (χ3v) is 3.59. The van der Waals surface area contributed by atoms with Gasteiger partial charge in [-0.1, -0.05) is 26.7 Å². The van der Waals surface area contributed by atoms with E-state index in [1.165, 1.54) is 6.20 Å². The van der Waals surface area contributed by atoms with Gasteiger partial charge in [-0.3, -0.25) is 0 Å². The van der Waals surface area contributed by atoms with E-state index in [1.54, 1.807) is 6.07 Å². The second-order valence-electron chi connectivity index (χ2n) is 4.89. The van der Waals surface area contributed by atoms with Crippen molar-refractivity contribution in [3.05, 3.63) is 23.6 Å². The smallest absolute Gasteiger partial charge is 0.141 e. The molecule has 108 valence electrons. The van der Waals surface area contributed by atoms with Crippen LogP contribution in [0.2, 0.25) is 0 Å². The Morgan fingerprint density at radius 1 is 1.32 bits per heavy atom. The fraction of sp³-hybridized carbons (Fsp3) is 0.667. The molecule has 1 N–H and O–H groups in total. The van der Waals surface area contributed by atoms with Crippen LogP contribution in [0, 0.1) is 11.7 Å². The van der Waals surface area contributed by atoms with Crippen LogP contribution in [-0.2, 0) is 6.54 Å². The standard InChI is InChI=1S/C15H26FN3/c1-5-12(6-2)11-19(7-3)15-13(9-17-4)8-14(16)10-18-15/h8,10,12,17H,5-7,9,11H2,1-4H3. The predicted octanol–water partition coefficient (Wildman–Crippen LogP) is 3.20. The van der Waals surface area contributed by atoms with Crippen LogP contribution in [-0.4, -0.2) is 25.1 Å². The molecular weight excluding hydrogens is 241 g/mol. The number of hydrogen-bond acceptors (Lipinski definition) is 3. The quantitative estimate of drug-likeness (QED) is 0.784. The van der Waals surface area contributed by atoms with Gasteiger partial charge in [-0.25, -0.2) is 9.37 Å². The third kappa shape index (κ3) is 4.46. The van der Waals surface area contributed by atoms with Crippen molar-refractivity contribution in [2.24, 2.45) is 5.92 Å². The zero-order valence-electron chi connectivity index (χ0n) is 12.5. The molecule has 0 spiro atoms. The minimum atomic E-state index is -0.271. The van der Waals surface area contributed by atoms with Gasteiger partial charge in [0.05, 0.1) is 6.20 Å². The van der Waals surface area contributed by atoms with E-state index in [-0.39, 0.29) is 5.82 Å². The average Bonchev–Trinajstić information content (AvgIpc) is 2.42. The number of rotatable bonds is 8. The number of anilines is 1. The first kappa shape index (κ1) is 15.9. The Labute approximate surface area is 116 Å². The lowest BCUT2D eigenvalue weighted by Crippen LogP contribution is -2.31. The highest BCUT2D eigenvalue weighted by molar-refractivity contribution is 5.46. The van der Waals surface area contributed by atoms with Gasteiger partial charge in [-0.05, 0) is 26.0 Å². The largest absolute Gasteiger partial charge is 0.356 e. The highest BCUT2D eigenvalue weighted by Gasteiger charge is 2.15. The zero-order valence-corrected chi connectivity index (χ0v) is 12.5. The lowest BCUT2D eigenvalue weighted by Gasteiger charge is -2.28. The fourth-order valence-electron chi connectivity index (χ4n) is 2.30. The molecule has 3 nitrogen and oxygen atoms in total. The summed E-state index contributed by atoms with van der Waals surface area (Å²) >= 11 is 0. The molecule has 0 bridgehead atoms. The van der Waals surface area contributed by atoms with Crippen LogP contribution in [0.4, 0.5) is 10.2 Å². The second kappa shape index (κ2) is 8.10. The molecule has 0 unspecified atom stereocenters. The molecule has 0 fully saturated rings. The van der Waals surface area contributed by atoms with Gasteiger partial charge in [0.15, 0.2) is 0 Å². The molecule has 1 aromatic rings. The fourth-order valence-corrected chi connectivity index (χ4v) is 2.30. The van der Waals surface area contributed by atoms with Crippen molar-refractivity contribution in [3.8, 4) is 0 Å². The van der Waals surface area contributed by atoms with E-state index in [0.29, 0.717) is 12.5 Å². The van der Waals surface area contributed by atoms with Crippen molar-refractivity contribution in [3.63, 3.8) is 0 Å². The van der Waals surface area contributed by atoms with Crippen molar-refractivity contribution in [1.82, 2.24) is 10.3 Å². The van der Waals surface area contributed by atoms with Gasteiger partial charge in [-0.2, -0.15) is 0 Å². The number of hydrogen-bond donors (Lipinski definition) is 1. The molecule has 4 heteroatoms. The number of nitrogens with zero attached hydrogens (tertiary/aromatic N) is 2. The van der Waals surface area contributed by atoms with Gasteiger partial charge in [0.2, 0.25) is 0 Å². The monoisotopic (exact) mass is 267 g/mol. The van der Waals surface area contributed by atoms with Crippen LogP contribution in [0.3, 0.4) is 0 Å². The van der Waals surface area contributed by atoms with Crippen LogP contribution in [0.1, 0.15) is 39.2 Å². The Morgan fingerprint density at radius 3 is 2.53 bits per heavy atom. The van der Waals surface area contributed by atoms with Crippen molar-refractivity contribution in [2.75, 3.05) is 25.0 Å². The Balaban J connectivity index is 2.96. The molecule has 0 saturated carbocycles. The number of aromatic nitrogens is 1. The average molecular weight is 267 g/mol. The van der Waals surface area contributed by atoms with E-state index in [4.69, 9.17) is 0 Å². The molecule has 1 heterocycles. The summed E-state index contributed by atoms with van der Waals surface area (Å²) in [5.74, 6) is 1.30.